The van der Waals surface area contributed by atoms with Crippen molar-refractivity contribution in [2.45, 2.75) is 25.4 Å². The van der Waals surface area contributed by atoms with Crippen molar-refractivity contribution in [1.29, 1.82) is 0 Å². The number of rotatable bonds is 7. The van der Waals surface area contributed by atoms with E-state index in [9.17, 15) is 4.79 Å². The van der Waals surface area contributed by atoms with Crippen molar-refractivity contribution in [3.8, 4) is 5.69 Å². The Morgan fingerprint density at radius 1 is 0.750 bits per heavy atom. The molecule has 7 heteroatoms. The molecule has 2 aliphatic heterocycles. The molecule has 0 unspecified atom stereocenters. The van der Waals surface area contributed by atoms with E-state index in [4.69, 9.17) is 4.98 Å². The number of para-hydroxylation sites is 2. The first-order chi connectivity index (χ1) is 21.6. The summed E-state index contributed by atoms with van der Waals surface area (Å²) in [7, 11) is 0. The van der Waals surface area contributed by atoms with E-state index in [1.54, 1.807) is 0 Å². The van der Waals surface area contributed by atoms with E-state index in [-0.39, 0.29) is 12.0 Å². The summed E-state index contributed by atoms with van der Waals surface area (Å²) < 4.78 is 3.32. The lowest BCUT2D eigenvalue weighted by Crippen LogP contribution is -2.52. The number of fused-ring (bicyclic) bond motifs is 1. The van der Waals surface area contributed by atoms with Crippen LogP contribution in [-0.4, -0.2) is 69.4 Å². The van der Waals surface area contributed by atoms with Gasteiger partial charge in [-0.3, -0.25) is 19.2 Å². The van der Waals surface area contributed by atoms with Gasteiger partial charge in [-0.2, -0.15) is 0 Å². The molecule has 6 nitrogen and oxygen atoms in total. The summed E-state index contributed by atoms with van der Waals surface area (Å²) in [5.74, 6) is 1.47. The number of benzene rings is 4. The number of hydrogen-bond acceptors (Lipinski definition) is 4. The topological polar surface area (TPSA) is 44.6 Å². The highest BCUT2D eigenvalue weighted by atomic mass is 79.9. The number of halogens is 1. The number of carbonyl (C=O) groups excluding carboxylic acids is 1. The molecule has 7 rings (SSSR count). The predicted molar refractivity (Wildman–Crippen MR) is 180 cm³/mol. The zero-order valence-electron chi connectivity index (χ0n) is 24.9. The van der Waals surface area contributed by atoms with Gasteiger partial charge in [-0.25, -0.2) is 4.98 Å². The summed E-state index contributed by atoms with van der Waals surface area (Å²) >= 11 is 3.64. The number of piperazine rings is 1. The van der Waals surface area contributed by atoms with Gasteiger partial charge < -0.3 is 4.90 Å². The predicted octanol–water partition coefficient (Wildman–Crippen LogP) is 6.93. The summed E-state index contributed by atoms with van der Waals surface area (Å²) in [6.45, 7) is 5.90. The number of amides is 1. The van der Waals surface area contributed by atoms with Crippen molar-refractivity contribution in [3.63, 3.8) is 0 Å². The van der Waals surface area contributed by atoms with Crippen LogP contribution in [0.2, 0.25) is 0 Å². The van der Waals surface area contributed by atoms with Crippen LogP contribution in [0.5, 0.6) is 0 Å². The average Bonchev–Trinajstić information content (AvgIpc) is 3.44. The molecule has 2 fully saturated rings. The van der Waals surface area contributed by atoms with Gasteiger partial charge in [0.05, 0.1) is 23.6 Å². The van der Waals surface area contributed by atoms with Crippen molar-refractivity contribution in [1.82, 2.24) is 24.3 Å². The number of piperidine rings is 1. The van der Waals surface area contributed by atoms with Crippen molar-refractivity contribution in [2.24, 2.45) is 5.92 Å². The minimum atomic E-state index is 0.0979. The van der Waals surface area contributed by atoms with Crippen molar-refractivity contribution >= 4 is 32.9 Å². The quantitative estimate of drug-likeness (QED) is 0.192. The summed E-state index contributed by atoms with van der Waals surface area (Å²) in [6, 6.07) is 38.4. The summed E-state index contributed by atoms with van der Waals surface area (Å²) in [5, 5.41) is 0. The van der Waals surface area contributed by atoms with E-state index >= 15 is 0 Å². The average molecular weight is 649 g/mol. The Balaban J connectivity index is 0.983. The number of nitrogens with zero attached hydrogens (tertiary/aromatic N) is 5. The van der Waals surface area contributed by atoms with E-state index in [1.807, 2.05) is 6.07 Å². The van der Waals surface area contributed by atoms with Crippen LogP contribution in [0, 0.1) is 5.92 Å². The molecule has 2 saturated heterocycles. The van der Waals surface area contributed by atoms with E-state index < -0.39 is 0 Å². The molecule has 1 aromatic heterocycles. The van der Waals surface area contributed by atoms with Crippen LogP contribution in [0.4, 0.5) is 0 Å². The maximum absolute atomic E-state index is 13.7. The number of carbonyl (C=O) groups is 1. The van der Waals surface area contributed by atoms with E-state index in [1.165, 1.54) is 11.1 Å². The lowest BCUT2D eigenvalue weighted by atomic mass is 9.94. The summed E-state index contributed by atoms with van der Waals surface area (Å²) in [6.07, 6.45) is 1.79. The molecule has 5 aromatic rings. The lowest BCUT2D eigenvalue weighted by molar-refractivity contribution is -0.139. The minimum Gasteiger partial charge on any atom is -0.340 e. The molecule has 0 bridgehead atoms. The van der Waals surface area contributed by atoms with Crippen LogP contribution in [0.1, 0.15) is 35.8 Å². The molecule has 1 amide bonds. The lowest BCUT2D eigenvalue weighted by Gasteiger charge is -2.41. The second-order valence-electron chi connectivity index (χ2n) is 12.0. The first-order valence-electron chi connectivity index (χ1n) is 15.7. The second kappa shape index (κ2) is 13.1. The first kappa shape index (κ1) is 29.0. The highest BCUT2D eigenvalue weighted by Crippen LogP contribution is 2.31. The normalized spacial score (nSPS) is 17.0. The smallest absolute Gasteiger partial charge is 0.225 e. The second-order valence-corrected chi connectivity index (χ2v) is 12.9. The van der Waals surface area contributed by atoms with Crippen LogP contribution < -0.4 is 0 Å². The fraction of sp³-hybridized carbons (Fsp3) is 0.297. The molecular weight excluding hydrogens is 610 g/mol. The molecule has 44 heavy (non-hydrogen) atoms. The number of hydrogen-bond donors (Lipinski definition) is 0. The molecule has 0 aliphatic carbocycles. The van der Waals surface area contributed by atoms with Crippen LogP contribution in [0.15, 0.2) is 114 Å². The molecule has 0 N–H and O–H groups in total. The Morgan fingerprint density at radius 2 is 1.39 bits per heavy atom. The first-order valence-corrected chi connectivity index (χ1v) is 16.5. The molecule has 0 radical (unpaired) electrons. The van der Waals surface area contributed by atoms with Gasteiger partial charge in [-0.15, -0.1) is 0 Å². The number of aromatic nitrogens is 2. The van der Waals surface area contributed by atoms with Crippen LogP contribution in [0.25, 0.3) is 16.7 Å². The van der Waals surface area contributed by atoms with Gasteiger partial charge in [0.25, 0.3) is 0 Å². The third-order valence-corrected chi connectivity index (χ3v) is 9.71. The van der Waals surface area contributed by atoms with E-state index in [0.717, 1.165) is 85.7 Å². The molecule has 4 aromatic carbocycles. The SMILES string of the molecule is O=C(C1CCN(Cc2nc3ccccc3n2-c2cccc(Br)c2)CC1)N1CCN(C(c2ccccc2)c2ccccc2)CC1. The van der Waals surface area contributed by atoms with Gasteiger partial charge in [0.1, 0.15) is 5.82 Å². The highest BCUT2D eigenvalue weighted by molar-refractivity contribution is 9.10. The van der Waals surface area contributed by atoms with Gasteiger partial charge >= 0.3 is 0 Å². The Morgan fingerprint density at radius 3 is 2.05 bits per heavy atom. The standard InChI is InChI=1S/C37H38BrN5O/c38-31-14-9-15-32(26-31)43-34-17-8-7-16-33(34)39-35(43)27-40-20-18-30(19-21-40)37(44)42-24-22-41(23-25-42)36(28-10-3-1-4-11-28)29-12-5-2-6-13-29/h1-17,26,30,36H,18-25,27H2. The Hall–Kier alpha value is -3.78. The van der Waals surface area contributed by atoms with Crippen molar-refractivity contribution in [3.05, 3.63) is 131 Å². The summed E-state index contributed by atoms with van der Waals surface area (Å²) in [5.41, 5.74) is 5.84. The zero-order chi connectivity index (χ0) is 29.9. The molecule has 2 aliphatic rings. The van der Waals surface area contributed by atoms with Crippen LogP contribution >= 0.6 is 15.9 Å². The molecule has 3 heterocycles. The maximum Gasteiger partial charge on any atom is 0.225 e. The molecule has 224 valence electrons. The summed E-state index contributed by atoms with van der Waals surface area (Å²) in [4.78, 5) is 25.8. The maximum atomic E-state index is 13.7. The molecule has 0 spiro atoms. The largest absolute Gasteiger partial charge is 0.340 e. The fourth-order valence-corrected chi connectivity index (χ4v) is 7.35. The van der Waals surface area contributed by atoms with E-state index in [0.29, 0.717) is 5.91 Å². The van der Waals surface area contributed by atoms with Crippen molar-refractivity contribution < 1.29 is 4.79 Å². The highest BCUT2D eigenvalue weighted by Gasteiger charge is 2.33. The Kier molecular flexibility index (Phi) is 8.60. The van der Waals surface area contributed by atoms with Gasteiger partial charge in [0, 0.05) is 42.3 Å². The van der Waals surface area contributed by atoms with Gasteiger partial charge in [-0.1, -0.05) is 94.8 Å². The van der Waals surface area contributed by atoms with Gasteiger partial charge in [-0.05, 0) is 67.4 Å². The zero-order valence-corrected chi connectivity index (χ0v) is 26.5. The Bertz CT molecular complexity index is 1670. The number of likely N-dealkylation sites (tertiary alicyclic amines) is 1. The Labute approximate surface area is 268 Å². The van der Waals surface area contributed by atoms with Gasteiger partial charge in [0.2, 0.25) is 5.91 Å². The third kappa shape index (κ3) is 6.09. The van der Waals surface area contributed by atoms with Crippen LogP contribution in [0.3, 0.4) is 0 Å². The number of imidazole rings is 1. The molecule has 0 atom stereocenters. The van der Waals surface area contributed by atoms with Gasteiger partial charge in [0.15, 0.2) is 0 Å². The van der Waals surface area contributed by atoms with E-state index in [2.05, 4.69) is 138 Å². The minimum absolute atomic E-state index is 0.0979. The third-order valence-electron chi connectivity index (χ3n) is 9.22. The van der Waals surface area contributed by atoms with Crippen LogP contribution in [-0.2, 0) is 11.3 Å². The molecule has 0 saturated carbocycles. The fourth-order valence-electron chi connectivity index (χ4n) is 6.97. The van der Waals surface area contributed by atoms with Crippen molar-refractivity contribution in [2.75, 3.05) is 39.3 Å². The monoisotopic (exact) mass is 647 g/mol. The molecular formula is C37H38BrN5O.